The Hall–Kier alpha value is -1.53. The molecular formula is C13H19N3. The highest BCUT2D eigenvalue weighted by molar-refractivity contribution is 5.48. The standard InChI is InChI=1S/C13H19N3/c1-4-15-12(9-14)10-16(3)13-7-5-6-11(2)8-13/h5-8,12,15H,4,10H2,1-3H3. The number of hydrogen-bond donors (Lipinski definition) is 1. The molecule has 3 nitrogen and oxygen atoms in total. The van der Waals surface area contributed by atoms with Crippen LogP contribution in [0.15, 0.2) is 24.3 Å². The van der Waals surface area contributed by atoms with Crippen LogP contribution in [0.1, 0.15) is 12.5 Å². The second-order valence-electron chi connectivity index (χ2n) is 3.96. The summed E-state index contributed by atoms with van der Waals surface area (Å²) in [6.07, 6.45) is 0. The fraction of sp³-hybridized carbons (Fsp3) is 0.462. The van der Waals surface area contributed by atoms with E-state index in [-0.39, 0.29) is 6.04 Å². The van der Waals surface area contributed by atoms with Gasteiger partial charge in [-0.05, 0) is 31.2 Å². The van der Waals surface area contributed by atoms with Crippen molar-refractivity contribution in [3.8, 4) is 6.07 Å². The van der Waals surface area contributed by atoms with Gasteiger partial charge in [0.1, 0.15) is 6.04 Å². The second-order valence-corrected chi connectivity index (χ2v) is 3.96. The van der Waals surface area contributed by atoms with Crippen LogP contribution in [0, 0.1) is 18.3 Å². The lowest BCUT2D eigenvalue weighted by atomic mass is 10.2. The Kier molecular flexibility index (Phi) is 4.81. The van der Waals surface area contributed by atoms with E-state index in [1.807, 2.05) is 20.0 Å². The first-order valence-electron chi connectivity index (χ1n) is 5.58. The zero-order valence-electron chi connectivity index (χ0n) is 10.2. The third-order valence-corrected chi connectivity index (χ3v) is 2.51. The van der Waals surface area contributed by atoms with Crippen molar-refractivity contribution in [2.75, 3.05) is 25.0 Å². The number of anilines is 1. The molecule has 86 valence electrons. The summed E-state index contributed by atoms with van der Waals surface area (Å²) in [5, 5.41) is 12.1. The third-order valence-electron chi connectivity index (χ3n) is 2.51. The van der Waals surface area contributed by atoms with Gasteiger partial charge in [0.05, 0.1) is 6.07 Å². The molecule has 0 aliphatic carbocycles. The van der Waals surface area contributed by atoms with Crippen LogP contribution in [0.25, 0.3) is 0 Å². The summed E-state index contributed by atoms with van der Waals surface area (Å²) in [6.45, 7) is 5.61. The quantitative estimate of drug-likeness (QED) is 0.819. The van der Waals surface area contributed by atoms with E-state index in [4.69, 9.17) is 5.26 Å². The molecule has 1 atom stereocenters. The SMILES string of the molecule is CCNC(C#N)CN(C)c1cccc(C)c1. The van der Waals surface area contributed by atoms with E-state index >= 15 is 0 Å². The van der Waals surface area contributed by atoms with E-state index < -0.39 is 0 Å². The molecule has 0 amide bonds. The van der Waals surface area contributed by atoms with Gasteiger partial charge in [0.2, 0.25) is 0 Å². The van der Waals surface area contributed by atoms with Crippen molar-refractivity contribution < 1.29 is 0 Å². The van der Waals surface area contributed by atoms with Crippen molar-refractivity contribution in [2.24, 2.45) is 0 Å². The molecule has 0 aliphatic rings. The molecule has 1 rings (SSSR count). The average Bonchev–Trinajstić information content (AvgIpc) is 2.28. The summed E-state index contributed by atoms with van der Waals surface area (Å²) in [4.78, 5) is 2.10. The Bertz CT molecular complexity index is 368. The van der Waals surface area contributed by atoms with Crippen LogP contribution >= 0.6 is 0 Å². The van der Waals surface area contributed by atoms with Crippen LogP contribution in [0.5, 0.6) is 0 Å². The summed E-state index contributed by atoms with van der Waals surface area (Å²) in [7, 11) is 2.01. The minimum Gasteiger partial charge on any atom is -0.372 e. The number of nitrogens with one attached hydrogen (secondary N) is 1. The van der Waals surface area contributed by atoms with Gasteiger partial charge in [0, 0.05) is 19.3 Å². The van der Waals surface area contributed by atoms with Gasteiger partial charge < -0.3 is 10.2 Å². The summed E-state index contributed by atoms with van der Waals surface area (Å²) in [5.74, 6) is 0. The van der Waals surface area contributed by atoms with Gasteiger partial charge in [-0.3, -0.25) is 0 Å². The van der Waals surface area contributed by atoms with E-state index in [0.717, 1.165) is 12.2 Å². The van der Waals surface area contributed by atoms with Crippen molar-refractivity contribution in [3.05, 3.63) is 29.8 Å². The molecule has 0 radical (unpaired) electrons. The predicted octanol–water partition coefficient (Wildman–Crippen LogP) is 1.93. The smallest absolute Gasteiger partial charge is 0.113 e. The number of rotatable bonds is 5. The fourth-order valence-electron chi connectivity index (χ4n) is 1.64. The van der Waals surface area contributed by atoms with Gasteiger partial charge in [-0.1, -0.05) is 19.1 Å². The number of nitriles is 1. The van der Waals surface area contributed by atoms with E-state index in [0.29, 0.717) is 6.54 Å². The van der Waals surface area contributed by atoms with Gasteiger partial charge >= 0.3 is 0 Å². The molecule has 1 unspecified atom stereocenters. The molecule has 1 aromatic carbocycles. The first-order valence-corrected chi connectivity index (χ1v) is 5.58. The number of hydrogen-bond acceptors (Lipinski definition) is 3. The highest BCUT2D eigenvalue weighted by Crippen LogP contribution is 2.14. The lowest BCUT2D eigenvalue weighted by Crippen LogP contribution is -2.38. The number of nitrogens with zero attached hydrogens (tertiary/aromatic N) is 2. The van der Waals surface area contributed by atoms with Crippen LogP contribution in [0.3, 0.4) is 0 Å². The molecule has 1 aromatic rings. The molecule has 16 heavy (non-hydrogen) atoms. The summed E-state index contributed by atoms with van der Waals surface area (Å²) in [6, 6.07) is 10.4. The number of aryl methyl sites for hydroxylation is 1. The Morgan fingerprint density at radius 1 is 1.50 bits per heavy atom. The minimum atomic E-state index is -0.115. The van der Waals surface area contributed by atoms with Gasteiger partial charge in [-0.2, -0.15) is 5.26 Å². The molecule has 0 heterocycles. The monoisotopic (exact) mass is 217 g/mol. The average molecular weight is 217 g/mol. The molecule has 0 saturated heterocycles. The Morgan fingerprint density at radius 2 is 2.25 bits per heavy atom. The van der Waals surface area contributed by atoms with E-state index in [9.17, 15) is 0 Å². The third kappa shape index (κ3) is 3.56. The first-order chi connectivity index (χ1) is 7.67. The predicted molar refractivity (Wildman–Crippen MR) is 67.5 cm³/mol. The molecule has 0 aromatic heterocycles. The molecule has 0 fully saturated rings. The summed E-state index contributed by atoms with van der Waals surface area (Å²) >= 11 is 0. The lowest BCUT2D eigenvalue weighted by Gasteiger charge is -2.22. The van der Waals surface area contributed by atoms with Crippen LogP contribution in [-0.2, 0) is 0 Å². The highest BCUT2D eigenvalue weighted by Gasteiger charge is 2.09. The maximum atomic E-state index is 8.97. The largest absolute Gasteiger partial charge is 0.372 e. The Morgan fingerprint density at radius 3 is 2.81 bits per heavy atom. The van der Waals surface area contributed by atoms with Gasteiger partial charge in [0.25, 0.3) is 0 Å². The highest BCUT2D eigenvalue weighted by atomic mass is 15.1. The van der Waals surface area contributed by atoms with Crippen LogP contribution in [0.2, 0.25) is 0 Å². The van der Waals surface area contributed by atoms with Crippen molar-refractivity contribution in [2.45, 2.75) is 19.9 Å². The lowest BCUT2D eigenvalue weighted by molar-refractivity contribution is 0.618. The van der Waals surface area contributed by atoms with Crippen LogP contribution < -0.4 is 10.2 Å². The zero-order valence-corrected chi connectivity index (χ0v) is 10.2. The van der Waals surface area contributed by atoms with Crippen molar-refractivity contribution in [3.63, 3.8) is 0 Å². The molecule has 3 heteroatoms. The topological polar surface area (TPSA) is 39.1 Å². The van der Waals surface area contributed by atoms with Gasteiger partial charge in [-0.25, -0.2) is 0 Å². The maximum Gasteiger partial charge on any atom is 0.113 e. The Labute approximate surface area is 97.7 Å². The zero-order chi connectivity index (χ0) is 12.0. The van der Waals surface area contributed by atoms with Crippen molar-refractivity contribution >= 4 is 5.69 Å². The minimum absolute atomic E-state index is 0.115. The van der Waals surface area contributed by atoms with E-state index in [1.165, 1.54) is 5.56 Å². The number of benzene rings is 1. The van der Waals surface area contributed by atoms with Gasteiger partial charge in [0.15, 0.2) is 0 Å². The first kappa shape index (κ1) is 12.5. The molecule has 0 bridgehead atoms. The normalized spacial score (nSPS) is 11.9. The van der Waals surface area contributed by atoms with Gasteiger partial charge in [-0.15, -0.1) is 0 Å². The second kappa shape index (κ2) is 6.14. The molecule has 0 aliphatic heterocycles. The molecular weight excluding hydrogens is 198 g/mol. The van der Waals surface area contributed by atoms with Crippen LogP contribution in [0.4, 0.5) is 5.69 Å². The maximum absolute atomic E-state index is 8.97. The number of likely N-dealkylation sites (N-methyl/N-ethyl adjacent to an activating group) is 2. The van der Waals surface area contributed by atoms with E-state index in [2.05, 4.69) is 41.4 Å². The van der Waals surface area contributed by atoms with Crippen molar-refractivity contribution in [1.82, 2.24) is 5.32 Å². The summed E-state index contributed by atoms with van der Waals surface area (Å²) < 4.78 is 0. The van der Waals surface area contributed by atoms with Crippen LogP contribution in [-0.4, -0.2) is 26.2 Å². The summed E-state index contributed by atoms with van der Waals surface area (Å²) in [5.41, 5.74) is 2.39. The van der Waals surface area contributed by atoms with E-state index in [1.54, 1.807) is 0 Å². The molecule has 0 spiro atoms. The fourth-order valence-corrected chi connectivity index (χ4v) is 1.64. The molecule has 1 N–H and O–H groups in total. The van der Waals surface area contributed by atoms with Crippen molar-refractivity contribution in [1.29, 1.82) is 5.26 Å². The molecule has 0 saturated carbocycles. The Balaban J connectivity index is 2.64.